The lowest BCUT2D eigenvalue weighted by Gasteiger charge is -2.08. The summed E-state index contributed by atoms with van der Waals surface area (Å²) in [5, 5.41) is 3.73. The Bertz CT molecular complexity index is 838. The van der Waals surface area contributed by atoms with Gasteiger partial charge in [0.05, 0.1) is 17.0 Å². The van der Waals surface area contributed by atoms with Crippen molar-refractivity contribution < 1.29 is 13.2 Å². The van der Waals surface area contributed by atoms with Crippen molar-refractivity contribution in [3.05, 3.63) is 48.2 Å². The van der Waals surface area contributed by atoms with Crippen molar-refractivity contribution in [2.75, 3.05) is 11.5 Å². The average Bonchev–Trinajstić information content (AvgIpc) is 2.84. The summed E-state index contributed by atoms with van der Waals surface area (Å²) in [7, 11) is -2.99. The number of rotatable bonds is 3. The van der Waals surface area contributed by atoms with Crippen molar-refractivity contribution >= 4 is 32.7 Å². The molecule has 1 aliphatic heterocycles. The zero-order valence-corrected chi connectivity index (χ0v) is 12.7. The fraction of sp³-hybridized carbons (Fsp3) is 0.250. The largest absolute Gasteiger partial charge is 0.349 e. The van der Waals surface area contributed by atoms with Gasteiger partial charge in [-0.05, 0) is 18.6 Å². The molecule has 1 N–H and O–H groups in total. The van der Waals surface area contributed by atoms with Crippen LogP contribution in [0.1, 0.15) is 12.0 Å². The quantitative estimate of drug-likeness (QED) is 0.872. The minimum absolute atomic E-state index is 0.0302. The minimum atomic E-state index is -2.99. The topological polar surface area (TPSA) is 76.1 Å². The smallest absolute Gasteiger partial charge is 0.244 e. The number of carbonyl (C=O) groups is 1. The first-order chi connectivity index (χ1) is 10.5. The fourth-order valence-electron chi connectivity index (χ4n) is 2.59. The molecule has 0 bridgehead atoms. The van der Waals surface area contributed by atoms with Gasteiger partial charge in [0.15, 0.2) is 9.84 Å². The van der Waals surface area contributed by atoms with Crippen LogP contribution in [0.3, 0.4) is 0 Å². The first kappa shape index (κ1) is 14.7. The second kappa shape index (κ2) is 5.88. The van der Waals surface area contributed by atoms with Gasteiger partial charge in [0.2, 0.25) is 5.91 Å². The van der Waals surface area contributed by atoms with Crippen LogP contribution in [-0.4, -0.2) is 36.9 Å². The molecule has 1 atom stereocenters. The van der Waals surface area contributed by atoms with Crippen molar-refractivity contribution in [2.24, 2.45) is 0 Å². The number of benzene rings is 1. The van der Waals surface area contributed by atoms with E-state index in [4.69, 9.17) is 0 Å². The predicted octanol–water partition coefficient (Wildman–Crippen LogP) is 1.55. The summed E-state index contributed by atoms with van der Waals surface area (Å²) >= 11 is 0. The maximum Gasteiger partial charge on any atom is 0.244 e. The molecule has 1 aliphatic rings. The summed E-state index contributed by atoms with van der Waals surface area (Å²) in [4.78, 5) is 16.2. The number of carbonyl (C=O) groups excluding carboxylic acids is 1. The molecule has 1 aromatic heterocycles. The van der Waals surface area contributed by atoms with Gasteiger partial charge in [-0.1, -0.05) is 24.3 Å². The van der Waals surface area contributed by atoms with Crippen LogP contribution in [0.15, 0.2) is 42.6 Å². The van der Waals surface area contributed by atoms with Crippen LogP contribution in [-0.2, 0) is 14.6 Å². The van der Waals surface area contributed by atoms with Gasteiger partial charge < -0.3 is 5.32 Å². The maximum atomic E-state index is 11.9. The van der Waals surface area contributed by atoms with Gasteiger partial charge >= 0.3 is 0 Å². The number of aromatic nitrogens is 1. The Morgan fingerprint density at radius 3 is 2.86 bits per heavy atom. The van der Waals surface area contributed by atoms with Crippen LogP contribution < -0.4 is 5.32 Å². The minimum Gasteiger partial charge on any atom is -0.349 e. The Morgan fingerprint density at radius 2 is 2.09 bits per heavy atom. The number of nitrogens with one attached hydrogen (secondary N) is 1. The third-order valence-electron chi connectivity index (χ3n) is 3.66. The molecule has 0 aliphatic carbocycles. The average molecular weight is 316 g/mol. The van der Waals surface area contributed by atoms with Crippen LogP contribution in [0.2, 0.25) is 0 Å². The fourth-order valence-corrected chi connectivity index (χ4v) is 4.26. The van der Waals surface area contributed by atoms with Crippen molar-refractivity contribution in [2.45, 2.75) is 12.5 Å². The van der Waals surface area contributed by atoms with Gasteiger partial charge in [0.25, 0.3) is 0 Å². The molecule has 3 rings (SSSR count). The summed E-state index contributed by atoms with van der Waals surface area (Å²) in [6.45, 7) is 0. The molecule has 1 amide bonds. The van der Waals surface area contributed by atoms with E-state index < -0.39 is 9.84 Å². The molecule has 1 saturated heterocycles. The number of sulfone groups is 1. The second-order valence-electron chi connectivity index (χ2n) is 5.36. The first-order valence-corrected chi connectivity index (χ1v) is 8.88. The van der Waals surface area contributed by atoms with Crippen molar-refractivity contribution in [3.63, 3.8) is 0 Å². The van der Waals surface area contributed by atoms with E-state index in [2.05, 4.69) is 10.3 Å². The summed E-state index contributed by atoms with van der Waals surface area (Å²) in [5.74, 6) is -0.104. The third kappa shape index (κ3) is 3.33. The molecule has 22 heavy (non-hydrogen) atoms. The Balaban J connectivity index is 1.72. The molecule has 1 unspecified atom stereocenters. The molecule has 114 valence electrons. The highest BCUT2D eigenvalue weighted by Crippen LogP contribution is 2.17. The van der Waals surface area contributed by atoms with E-state index in [1.165, 1.54) is 6.08 Å². The highest BCUT2D eigenvalue weighted by atomic mass is 32.2. The zero-order valence-electron chi connectivity index (χ0n) is 11.9. The van der Waals surface area contributed by atoms with Crippen molar-refractivity contribution in [1.29, 1.82) is 0 Å². The molecular weight excluding hydrogens is 300 g/mol. The predicted molar refractivity (Wildman–Crippen MR) is 86.0 cm³/mol. The zero-order chi connectivity index (χ0) is 15.6. The molecule has 0 spiro atoms. The third-order valence-corrected chi connectivity index (χ3v) is 5.42. The van der Waals surface area contributed by atoms with Gasteiger partial charge in [0.1, 0.15) is 0 Å². The molecule has 1 aromatic carbocycles. The van der Waals surface area contributed by atoms with Crippen LogP contribution in [0, 0.1) is 0 Å². The van der Waals surface area contributed by atoms with E-state index in [1.54, 1.807) is 12.3 Å². The number of fused-ring (bicyclic) bond motifs is 1. The monoisotopic (exact) mass is 316 g/mol. The Hall–Kier alpha value is -2.21. The SMILES string of the molecule is O=C(C=Cc1cccc2cccnc12)NC1CCS(=O)(=O)C1. The lowest BCUT2D eigenvalue weighted by atomic mass is 10.1. The standard InChI is InChI=1S/C16H16N2O3S/c19-15(18-14-8-10-22(20,21)11-14)7-6-13-4-1-3-12-5-2-9-17-16(12)13/h1-7,9,14H,8,10-11H2,(H,18,19). The number of amides is 1. The number of hydrogen-bond acceptors (Lipinski definition) is 4. The molecule has 0 saturated carbocycles. The molecule has 2 aromatic rings. The number of para-hydroxylation sites is 1. The second-order valence-corrected chi connectivity index (χ2v) is 7.59. The van der Waals surface area contributed by atoms with Gasteiger partial charge in [-0.2, -0.15) is 0 Å². The van der Waals surface area contributed by atoms with Gasteiger partial charge in [-0.15, -0.1) is 0 Å². The van der Waals surface area contributed by atoms with Crippen LogP contribution in [0.5, 0.6) is 0 Å². The van der Waals surface area contributed by atoms with Gasteiger partial charge in [-0.3, -0.25) is 9.78 Å². The van der Waals surface area contributed by atoms with Gasteiger partial charge in [0, 0.05) is 29.3 Å². The molecule has 2 heterocycles. The number of pyridine rings is 1. The van der Waals surface area contributed by atoms with E-state index in [1.807, 2.05) is 30.3 Å². The summed E-state index contributed by atoms with van der Waals surface area (Å²) < 4.78 is 22.7. The molecule has 5 nitrogen and oxygen atoms in total. The molecule has 1 fully saturated rings. The van der Waals surface area contributed by atoms with E-state index in [9.17, 15) is 13.2 Å². The van der Waals surface area contributed by atoms with Crippen LogP contribution in [0.4, 0.5) is 0 Å². The van der Waals surface area contributed by atoms with Gasteiger partial charge in [-0.25, -0.2) is 8.42 Å². The first-order valence-electron chi connectivity index (χ1n) is 7.06. The molecule has 6 heteroatoms. The normalized spacial score (nSPS) is 20.5. The van der Waals surface area contributed by atoms with Crippen molar-refractivity contribution in [1.82, 2.24) is 10.3 Å². The lowest BCUT2D eigenvalue weighted by Crippen LogP contribution is -2.34. The van der Waals surface area contributed by atoms with E-state index >= 15 is 0 Å². The van der Waals surface area contributed by atoms with E-state index in [-0.39, 0.29) is 23.5 Å². The Labute approximate surface area is 129 Å². The summed E-state index contributed by atoms with van der Waals surface area (Å²) in [6.07, 6.45) is 5.32. The lowest BCUT2D eigenvalue weighted by molar-refractivity contribution is -0.116. The summed E-state index contributed by atoms with van der Waals surface area (Å²) in [6, 6.07) is 9.30. The highest BCUT2D eigenvalue weighted by molar-refractivity contribution is 7.91. The van der Waals surface area contributed by atoms with Crippen LogP contribution >= 0.6 is 0 Å². The maximum absolute atomic E-state index is 11.9. The number of nitrogens with zero attached hydrogens (tertiary/aromatic N) is 1. The summed E-state index contributed by atoms with van der Waals surface area (Å²) in [5.41, 5.74) is 1.68. The molecular formula is C16H16N2O3S. The van der Waals surface area contributed by atoms with E-state index in [0.29, 0.717) is 6.42 Å². The molecule has 0 radical (unpaired) electrons. The highest BCUT2D eigenvalue weighted by Gasteiger charge is 2.28. The Kier molecular flexibility index (Phi) is 3.94. The number of hydrogen-bond donors (Lipinski definition) is 1. The van der Waals surface area contributed by atoms with Crippen LogP contribution in [0.25, 0.3) is 17.0 Å². The van der Waals surface area contributed by atoms with Crippen molar-refractivity contribution in [3.8, 4) is 0 Å². The Morgan fingerprint density at radius 1 is 1.27 bits per heavy atom. The van der Waals surface area contributed by atoms with E-state index in [0.717, 1.165) is 16.5 Å².